The molecule has 0 aromatic carbocycles. The van der Waals surface area contributed by atoms with E-state index in [-0.39, 0.29) is 5.92 Å². The number of nitrogens with one attached hydrogen (secondary N) is 1. The zero-order valence-corrected chi connectivity index (χ0v) is 8.13. The van der Waals surface area contributed by atoms with Crippen LogP contribution in [0.4, 0.5) is 13.2 Å². The van der Waals surface area contributed by atoms with Gasteiger partial charge >= 0.3 is 6.18 Å². The molecule has 1 nitrogen and oxygen atoms in total. The number of rotatable bonds is 3. The Morgan fingerprint density at radius 2 is 1.58 bits per heavy atom. The second-order valence-corrected chi connectivity index (χ2v) is 2.64. The van der Waals surface area contributed by atoms with Crippen LogP contribution in [0.1, 0.15) is 27.7 Å². The second kappa shape index (κ2) is 7.40. The van der Waals surface area contributed by atoms with E-state index in [1.807, 2.05) is 27.7 Å². The first-order chi connectivity index (χ1) is 5.42. The lowest BCUT2D eigenvalue weighted by molar-refractivity contribution is -0.124. The normalized spacial score (nSPS) is 11.0. The van der Waals surface area contributed by atoms with Crippen LogP contribution in [0.3, 0.4) is 0 Å². The number of hydrogen-bond donors (Lipinski definition) is 1. The standard InChI is InChI=1S/C6H12F3N.C2H6/c1-5(2)3-10-4-6(7,8)9;1-2/h5,10H,3-4H2,1-2H3;1-2H3. The molecule has 0 amide bonds. The van der Waals surface area contributed by atoms with Crippen molar-refractivity contribution in [2.45, 2.75) is 33.9 Å². The first-order valence-corrected chi connectivity index (χ1v) is 4.19. The van der Waals surface area contributed by atoms with Crippen molar-refractivity contribution in [1.82, 2.24) is 5.32 Å². The Kier molecular flexibility index (Phi) is 8.81. The van der Waals surface area contributed by atoms with E-state index >= 15 is 0 Å². The average molecular weight is 185 g/mol. The zero-order chi connectivity index (χ0) is 10.2. The molecule has 1 N–H and O–H groups in total. The summed E-state index contributed by atoms with van der Waals surface area (Å²) in [5.41, 5.74) is 0. The molecular formula is C8H18F3N. The molecule has 76 valence electrons. The molecule has 0 aliphatic rings. The third kappa shape index (κ3) is 16.4. The molecule has 4 heteroatoms. The maximum atomic E-state index is 11.4. The number of halogens is 3. The summed E-state index contributed by atoms with van der Waals surface area (Å²) in [6, 6.07) is 0. The van der Waals surface area contributed by atoms with Crippen LogP contribution in [0.15, 0.2) is 0 Å². The molecule has 0 fully saturated rings. The quantitative estimate of drug-likeness (QED) is 0.713. The predicted octanol–water partition coefficient (Wildman–Crippen LogP) is 2.82. The molecule has 0 spiro atoms. The zero-order valence-electron chi connectivity index (χ0n) is 8.13. The summed E-state index contributed by atoms with van der Waals surface area (Å²) in [6.07, 6.45) is -4.07. The SMILES string of the molecule is CC.CC(C)CNCC(F)(F)F. The highest BCUT2D eigenvalue weighted by Crippen LogP contribution is 2.12. The summed E-state index contributed by atoms with van der Waals surface area (Å²) in [7, 11) is 0. The van der Waals surface area contributed by atoms with Crippen LogP contribution in [0.2, 0.25) is 0 Å². The van der Waals surface area contributed by atoms with E-state index in [9.17, 15) is 13.2 Å². The fourth-order valence-electron chi connectivity index (χ4n) is 0.503. The summed E-state index contributed by atoms with van der Waals surface area (Å²) in [5, 5.41) is 2.30. The van der Waals surface area contributed by atoms with Gasteiger partial charge in [0.05, 0.1) is 6.54 Å². The largest absolute Gasteiger partial charge is 0.401 e. The van der Waals surface area contributed by atoms with E-state index < -0.39 is 12.7 Å². The van der Waals surface area contributed by atoms with E-state index in [0.29, 0.717) is 6.54 Å². The van der Waals surface area contributed by atoms with Gasteiger partial charge in [-0.05, 0) is 12.5 Å². The van der Waals surface area contributed by atoms with Crippen LogP contribution < -0.4 is 5.32 Å². The Balaban J connectivity index is 0. The van der Waals surface area contributed by atoms with Crippen molar-refractivity contribution in [2.75, 3.05) is 13.1 Å². The molecule has 0 saturated heterocycles. The van der Waals surface area contributed by atoms with E-state index in [1.165, 1.54) is 0 Å². The predicted molar refractivity (Wildman–Crippen MR) is 45.1 cm³/mol. The molecule has 0 rings (SSSR count). The smallest absolute Gasteiger partial charge is 0.308 e. The molecule has 0 radical (unpaired) electrons. The molecule has 0 saturated carbocycles. The maximum Gasteiger partial charge on any atom is 0.401 e. The minimum atomic E-state index is -4.07. The minimum absolute atomic E-state index is 0.266. The highest BCUT2D eigenvalue weighted by atomic mass is 19.4. The Morgan fingerprint density at radius 1 is 1.17 bits per heavy atom. The summed E-state index contributed by atoms with van der Waals surface area (Å²) in [5.74, 6) is 0.266. The first-order valence-electron chi connectivity index (χ1n) is 4.19. The van der Waals surface area contributed by atoms with E-state index in [2.05, 4.69) is 5.32 Å². The van der Waals surface area contributed by atoms with Crippen molar-refractivity contribution < 1.29 is 13.2 Å². The first kappa shape index (κ1) is 14.3. The van der Waals surface area contributed by atoms with Crippen molar-refractivity contribution >= 4 is 0 Å². The fraction of sp³-hybridized carbons (Fsp3) is 1.00. The summed E-state index contributed by atoms with van der Waals surface area (Å²) >= 11 is 0. The third-order valence-electron chi connectivity index (χ3n) is 0.878. The van der Waals surface area contributed by atoms with E-state index in [0.717, 1.165) is 0 Å². The van der Waals surface area contributed by atoms with Crippen LogP contribution in [0, 0.1) is 5.92 Å². The van der Waals surface area contributed by atoms with Gasteiger partial charge in [-0.15, -0.1) is 0 Å². The van der Waals surface area contributed by atoms with Crippen molar-refractivity contribution in [2.24, 2.45) is 5.92 Å². The molecule has 0 aromatic rings. The highest BCUT2D eigenvalue weighted by Gasteiger charge is 2.25. The van der Waals surface area contributed by atoms with Gasteiger partial charge in [-0.2, -0.15) is 13.2 Å². The number of hydrogen-bond acceptors (Lipinski definition) is 1. The molecular weight excluding hydrogens is 167 g/mol. The molecule has 0 heterocycles. The summed E-state index contributed by atoms with van der Waals surface area (Å²) in [4.78, 5) is 0. The topological polar surface area (TPSA) is 12.0 Å². The van der Waals surface area contributed by atoms with Crippen molar-refractivity contribution in [3.63, 3.8) is 0 Å². The Labute approximate surface area is 72.3 Å². The molecule has 12 heavy (non-hydrogen) atoms. The monoisotopic (exact) mass is 185 g/mol. The summed E-state index contributed by atoms with van der Waals surface area (Å²) < 4.78 is 34.3. The van der Waals surface area contributed by atoms with Gasteiger partial charge < -0.3 is 5.32 Å². The molecule has 0 unspecified atom stereocenters. The van der Waals surface area contributed by atoms with Crippen LogP contribution in [-0.2, 0) is 0 Å². The van der Waals surface area contributed by atoms with Crippen LogP contribution >= 0.6 is 0 Å². The van der Waals surface area contributed by atoms with Gasteiger partial charge in [0, 0.05) is 0 Å². The Hall–Kier alpha value is -0.250. The fourth-order valence-corrected chi connectivity index (χ4v) is 0.503. The highest BCUT2D eigenvalue weighted by molar-refractivity contribution is 4.56. The molecule has 0 atom stereocenters. The van der Waals surface area contributed by atoms with E-state index in [4.69, 9.17) is 0 Å². The average Bonchev–Trinajstić information content (AvgIpc) is 1.88. The van der Waals surface area contributed by atoms with Gasteiger partial charge in [-0.1, -0.05) is 27.7 Å². The lowest BCUT2D eigenvalue weighted by Crippen LogP contribution is -2.31. The van der Waals surface area contributed by atoms with Crippen molar-refractivity contribution in [3.8, 4) is 0 Å². The van der Waals surface area contributed by atoms with Gasteiger partial charge in [0.25, 0.3) is 0 Å². The molecule has 0 bridgehead atoms. The van der Waals surface area contributed by atoms with Crippen LogP contribution in [0.25, 0.3) is 0 Å². The lowest BCUT2D eigenvalue weighted by atomic mass is 10.2. The van der Waals surface area contributed by atoms with E-state index in [1.54, 1.807) is 0 Å². The van der Waals surface area contributed by atoms with Gasteiger partial charge in [0.1, 0.15) is 0 Å². The lowest BCUT2D eigenvalue weighted by Gasteiger charge is -2.09. The van der Waals surface area contributed by atoms with Crippen molar-refractivity contribution in [1.29, 1.82) is 0 Å². The van der Waals surface area contributed by atoms with Gasteiger partial charge in [0.15, 0.2) is 0 Å². The van der Waals surface area contributed by atoms with Gasteiger partial charge in [0.2, 0.25) is 0 Å². The number of alkyl halides is 3. The molecule has 0 aromatic heterocycles. The van der Waals surface area contributed by atoms with Crippen LogP contribution in [-0.4, -0.2) is 19.3 Å². The van der Waals surface area contributed by atoms with Crippen LogP contribution in [0.5, 0.6) is 0 Å². The summed E-state index contributed by atoms with van der Waals surface area (Å²) in [6.45, 7) is 7.26. The minimum Gasteiger partial charge on any atom is -0.308 e. The second-order valence-electron chi connectivity index (χ2n) is 2.64. The van der Waals surface area contributed by atoms with Gasteiger partial charge in [-0.25, -0.2) is 0 Å². The third-order valence-corrected chi connectivity index (χ3v) is 0.878. The molecule has 0 aliphatic heterocycles. The molecule has 0 aliphatic carbocycles. The maximum absolute atomic E-state index is 11.4. The Morgan fingerprint density at radius 3 is 1.83 bits per heavy atom. The van der Waals surface area contributed by atoms with Gasteiger partial charge in [-0.3, -0.25) is 0 Å². The van der Waals surface area contributed by atoms with Crippen molar-refractivity contribution in [3.05, 3.63) is 0 Å². The Bertz CT molecular complexity index is 88.8.